The molecule has 0 fully saturated rings. The highest BCUT2D eigenvalue weighted by atomic mass is 16.3. The predicted octanol–water partition coefficient (Wildman–Crippen LogP) is 4.04. The lowest BCUT2D eigenvalue weighted by Gasteiger charge is -2.06. The highest BCUT2D eigenvalue weighted by molar-refractivity contribution is 5.23. The molecule has 0 saturated carbocycles. The molecule has 3 heteroatoms. The lowest BCUT2D eigenvalue weighted by Crippen LogP contribution is -1.96. The first-order chi connectivity index (χ1) is 8.25. The standard InChI is InChI=1S/C14H25NO2/c1-2-3-4-5-6-7-8-9-12-15-13(16)10-11-14(15)17/h10-11,16-17H,2-9,12H2,1H3. The summed E-state index contributed by atoms with van der Waals surface area (Å²) in [7, 11) is 0. The smallest absolute Gasteiger partial charge is 0.193 e. The van der Waals surface area contributed by atoms with E-state index < -0.39 is 0 Å². The Morgan fingerprint density at radius 3 is 1.82 bits per heavy atom. The third kappa shape index (κ3) is 5.16. The number of rotatable bonds is 9. The molecule has 0 aliphatic carbocycles. The SMILES string of the molecule is CCCCCCCCCCn1c(O)ccc1O. The van der Waals surface area contributed by atoms with Crippen molar-refractivity contribution in [1.82, 2.24) is 4.57 Å². The maximum absolute atomic E-state index is 9.43. The van der Waals surface area contributed by atoms with Gasteiger partial charge in [0.15, 0.2) is 11.8 Å². The fraction of sp³-hybridized carbons (Fsp3) is 0.714. The lowest BCUT2D eigenvalue weighted by atomic mass is 10.1. The number of hydrogen-bond acceptors (Lipinski definition) is 2. The summed E-state index contributed by atoms with van der Waals surface area (Å²) >= 11 is 0. The number of aromatic hydroxyl groups is 2. The Morgan fingerprint density at radius 1 is 0.824 bits per heavy atom. The molecule has 0 atom stereocenters. The van der Waals surface area contributed by atoms with Crippen LogP contribution in [0.5, 0.6) is 11.8 Å². The topological polar surface area (TPSA) is 45.4 Å². The fourth-order valence-electron chi connectivity index (χ4n) is 2.08. The van der Waals surface area contributed by atoms with Gasteiger partial charge in [-0.25, -0.2) is 0 Å². The van der Waals surface area contributed by atoms with Crippen molar-refractivity contribution in [3.8, 4) is 11.8 Å². The van der Waals surface area contributed by atoms with Crippen molar-refractivity contribution >= 4 is 0 Å². The molecule has 1 aromatic heterocycles. The Kier molecular flexibility index (Phi) is 6.60. The van der Waals surface area contributed by atoms with Crippen molar-refractivity contribution in [3.05, 3.63) is 12.1 Å². The monoisotopic (exact) mass is 239 g/mol. The zero-order chi connectivity index (χ0) is 12.5. The number of hydrogen-bond donors (Lipinski definition) is 2. The van der Waals surface area contributed by atoms with Gasteiger partial charge in [-0.3, -0.25) is 4.57 Å². The maximum atomic E-state index is 9.43. The van der Waals surface area contributed by atoms with Crippen molar-refractivity contribution in [3.63, 3.8) is 0 Å². The van der Waals surface area contributed by atoms with Crippen LogP contribution in [-0.4, -0.2) is 14.8 Å². The van der Waals surface area contributed by atoms with E-state index >= 15 is 0 Å². The zero-order valence-corrected chi connectivity index (χ0v) is 10.9. The van der Waals surface area contributed by atoms with Gasteiger partial charge in [0.05, 0.1) is 0 Å². The Hall–Kier alpha value is -1.12. The Bertz CT molecular complexity index is 288. The molecule has 0 radical (unpaired) electrons. The van der Waals surface area contributed by atoms with E-state index in [-0.39, 0.29) is 11.8 Å². The normalized spacial score (nSPS) is 10.9. The van der Waals surface area contributed by atoms with Gasteiger partial charge in [0.2, 0.25) is 0 Å². The van der Waals surface area contributed by atoms with Crippen molar-refractivity contribution in [2.75, 3.05) is 0 Å². The molecule has 3 nitrogen and oxygen atoms in total. The van der Waals surface area contributed by atoms with Gasteiger partial charge in [0.25, 0.3) is 0 Å². The summed E-state index contributed by atoms with van der Waals surface area (Å²) in [5.41, 5.74) is 0. The Labute approximate surface area is 104 Å². The first-order valence-corrected chi connectivity index (χ1v) is 6.83. The van der Waals surface area contributed by atoms with Crippen LogP contribution in [0.1, 0.15) is 58.3 Å². The van der Waals surface area contributed by atoms with Crippen molar-refractivity contribution in [2.24, 2.45) is 0 Å². The van der Waals surface area contributed by atoms with E-state index in [2.05, 4.69) is 6.92 Å². The van der Waals surface area contributed by atoms with Crippen molar-refractivity contribution in [2.45, 2.75) is 64.8 Å². The summed E-state index contributed by atoms with van der Waals surface area (Å²) in [5.74, 6) is 0.316. The van der Waals surface area contributed by atoms with Gasteiger partial charge in [-0.05, 0) is 6.42 Å². The minimum Gasteiger partial charge on any atom is -0.494 e. The quantitative estimate of drug-likeness (QED) is 0.639. The molecule has 2 N–H and O–H groups in total. The van der Waals surface area contributed by atoms with Crippen LogP contribution in [0.25, 0.3) is 0 Å². The average Bonchev–Trinajstić information content (AvgIpc) is 2.63. The molecule has 0 aromatic carbocycles. The van der Waals surface area contributed by atoms with Crippen LogP contribution in [0, 0.1) is 0 Å². The molecule has 0 bridgehead atoms. The summed E-state index contributed by atoms with van der Waals surface area (Å²) < 4.78 is 1.55. The lowest BCUT2D eigenvalue weighted by molar-refractivity contribution is 0.361. The molecule has 0 aliphatic rings. The summed E-state index contributed by atoms with van der Waals surface area (Å²) in [6.07, 6.45) is 10.1. The van der Waals surface area contributed by atoms with Crippen LogP contribution in [-0.2, 0) is 6.54 Å². The van der Waals surface area contributed by atoms with Gasteiger partial charge in [-0.15, -0.1) is 0 Å². The van der Waals surface area contributed by atoms with Crippen LogP contribution in [0.4, 0.5) is 0 Å². The van der Waals surface area contributed by atoms with Crippen LogP contribution < -0.4 is 0 Å². The van der Waals surface area contributed by atoms with E-state index in [1.165, 1.54) is 57.1 Å². The molecular weight excluding hydrogens is 214 g/mol. The molecule has 1 aromatic rings. The fourth-order valence-corrected chi connectivity index (χ4v) is 2.08. The highest BCUT2D eigenvalue weighted by Crippen LogP contribution is 2.21. The second-order valence-electron chi connectivity index (χ2n) is 4.68. The largest absolute Gasteiger partial charge is 0.494 e. The maximum Gasteiger partial charge on any atom is 0.193 e. The second-order valence-corrected chi connectivity index (χ2v) is 4.68. The Balaban J connectivity index is 2.01. The second kappa shape index (κ2) is 8.04. The summed E-state index contributed by atoms with van der Waals surface area (Å²) in [6, 6.07) is 3.06. The number of nitrogens with zero attached hydrogens (tertiary/aromatic N) is 1. The molecule has 17 heavy (non-hydrogen) atoms. The van der Waals surface area contributed by atoms with Gasteiger partial charge in [-0.2, -0.15) is 0 Å². The molecule has 0 saturated heterocycles. The van der Waals surface area contributed by atoms with E-state index in [0.717, 1.165) is 6.42 Å². The van der Waals surface area contributed by atoms with Gasteiger partial charge < -0.3 is 10.2 Å². The predicted molar refractivity (Wildman–Crippen MR) is 70.4 cm³/mol. The summed E-state index contributed by atoms with van der Waals surface area (Å²) in [6.45, 7) is 2.94. The Morgan fingerprint density at radius 2 is 1.29 bits per heavy atom. The molecular formula is C14H25NO2. The van der Waals surface area contributed by atoms with Crippen LogP contribution in [0.15, 0.2) is 12.1 Å². The third-order valence-corrected chi connectivity index (χ3v) is 3.17. The van der Waals surface area contributed by atoms with E-state index in [9.17, 15) is 10.2 Å². The minimum atomic E-state index is 0.158. The summed E-state index contributed by atoms with van der Waals surface area (Å²) in [5, 5.41) is 18.9. The molecule has 1 heterocycles. The first kappa shape index (κ1) is 13.9. The van der Waals surface area contributed by atoms with Crippen molar-refractivity contribution < 1.29 is 10.2 Å². The number of aromatic nitrogens is 1. The van der Waals surface area contributed by atoms with E-state index in [4.69, 9.17) is 0 Å². The van der Waals surface area contributed by atoms with Crippen LogP contribution >= 0.6 is 0 Å². The van der Waals surface area contributed by atoms with E-state index in [1.807, 2.05) is 0 Å². The van der Waals surface area contributed by atoms with Crippen molar-refractivity contribution in [1.29, 1.82) is 0 Å². The molecule has 0 aliphatic heterocycles. The molecule has 0 amide bonds. The average molecular weight is 239 g/mol. The zero-order valence-electron chi connectivity index (χ0n) is 10.9. The minimum absolute atomic E-state index is 0.158. The summed E-state index contributed by atoms with van der Waals surface area (Å²) in [4.78, 5) is 0. The first-order valence-electron chi connectivity index (χ1n) is 6.83. The van der Waals surface area contributed by atoms with E-state index in [0.29, 0.717) is 6.54 Å². The molecule has 98 valence electrons. The molecule has 1 rings (SSSR count). The third-order valence-electron chi connectivity index (χ3n) is 3.17. The van der Waals surface area contributed by atoms with Gasteiger partial charge in [0, 0.05) is 18.7 Å². The van der Waals surface area contributed by atoms with Gasteiger partial charge >= 0.3 is 0 Å². The number of unbranched alkanes of at least 4 members (excludes halogenated alkanes) is 7. The van der Waals surface area contributed by atoms with Gasteiger partial charge in [-0.1, -0.05) is 51.9 Å². The molecule has 0 unspecified atom stereocenters. The van der Waals surface area contributed by atoms with Crippen LogP contribution in [0.3, 0.4) is 0 Å². The van der Waals surface area contributed by atoms with E-state index in [1.54, 1.807) is 4.57 Å². The van der Waals surface area contributed by atoms with Gasteiger partial charge in [0.1, 0.15) is 0 Å². The molecule has 0 spiro atoms. The highest BCUT2D eigenvalue weighted by Gasteiger charge is 2.04. The van der Waals surface area contributed by atoms with Crippen LogP contribution in [0.2, 0.25) is 0 Å².